The molecule has 15 heteroatoms. The molecule has 12 nitrogen and oxygen atoms in total. The number of phosphoric acid groups is 1. The average molecular weight is 573 g/mol. The van der Waals surface area contributed by atoms with Gasteiger partial charge in [-0.15, -0.1) is 0 Å². The number of carbonyl (C=O) groups excluding carboxylic acids is 1. The number of hydrogen-bond donors (Lipinski definition) is 3. The summed E-state index contributed by atoms with van der Waals surface area (Å²) in [5.41, 5.74) is 1.59. The smallest absolute Gasteiger partial charge is 0.455 e. The van der Waals surface area contributed by atoms with Crippen molar-refractivity contribution in [3.05, 3.63) is 53.3 Å². The van der Waals surface area contributed by atoms with Crippen LogP contribution >= 0.6 is 7.82 Å². The van der Waals surface area contributed by atoms with Gasteiger partial charge >= 0.3 is 7.82 Å². The minimum absolute atomic E-state index is 0.175. The number of hydrogen-bond acceptors (Lipinski definition) is 8. The second-order valence-electron chi connectivity index (χ2n) is 8.60. The van der Waals surface area contributed by atoms with E-state index in [0.717, 1.165) is 10.6 Å². The Morgan fingerprint density at radius 1 is 1.26 bits per heavy atom. The number of benzene rings is 2. The maximum absolute atomic E-state index is 13.5. The molecule has 0 spiro atoms. The van der Waals surface area contributed by atoms with Crippen LogP contribution in [0.25, 0.3) is 22.3 Å². The monoisotopic (exact) mass is 572 g/mol. The van der Waals surface area contributed by atoms with E-state index in [1.807, 2.05) is 0 Å². The number of carbonyl (C=O) groups is 1. The third kappa shape index (κ3) is 6.07. The first-order chi connectivity index (χ1) is 17.8. The number of amides is 1. The first kappa shape index (κ1) is 28.2. The normalized spacial score (nSPS) is 18.3. The quantitative estimate of drug-likeness (QED) is 0.208. The highest BCUT2D eigenvalue weighted by molar-refractivity contribution is 7.92. The van der Waals surface area contributed by atoms with Gasteiger partial charge in [0.15, 0.2) is 6.79 Å². The molecule has 1 aliphatic heterocycles. The molecular formula is C23H26FN2O10PS. The van der Waals surface area contributed by atoms with Crippen molar-refractivity contribution in [3.8, 4) is 11.3 Å². The Morgan fingerprint density at radius 2 is 1.95 bits per heavy atom. The van der Waals surface area contributed by atoms with Crippen molar-refractivity contribution in [3.63, 3.8) is 0 Å². The maximum atomic E-state index is 13.5. The van der Waals surface area contributed by atoms with Crippen molar-refractivity contribution in [1.29, 1.82) is 0 Å². The Labute approximate surface area is 217 Å². The van der Waals surface area contributed by atoms with Gasteiger partial charge in [-0.05, 0) is 37.3 Å². The number of rotatable bonds is 8. The van der Waals surface area contributed by atoms with Crippen LogP contribution in [0.15, 0.2) is 40.8 Å². The molecule has 1 amide bonds. The summed E-state index contributed by atoms with van der Waals surface area (Å²) in [6.45, 7) is 0.569. The molecule has 2 atom stereocenters. The predicted octanol–water partition coefficient (Wildman–Crippen LogP) is 2.91. The molecule has 1 aromatic heterocycles. The van der Waals surface area contributed by atoms with Gasteiger partial charge in [-0.1, -0.05) is 0 Å². The molecule has 0 fully saturated rings. The van der Waals surface area contributed by atoms with Crippen molar-refractivity contribution in [2.75, 3.05) is 37.6 Å². The molecular weight excluding hydrogens is 546 g/mol. The Bertz CT molecular complexity index is 1500. The number of phosphoric ester groups is 1. The number of fused-ring (bicyclic) bond motifs is 2. The number of ether oxygens (including phenoxy) is 2. The summed E-state index contributed by atoms with van der Waals surface area (Å²) in [5, 5.41) is 2.97. The van der Waals surface area contributed by atoms with E-state index < -0.39 is 48.6 Å². The SMILES string of the molecule is CNC(=O)c1c(-c2ccc(F)cc2)oc2cc3c(cc12)[C@H](C)O[C@H](COCOP(=O)(O)O)CN3S(C)(=O)=O. The summed E-state index contributed by atoms with van der Waals surface area (Å²) in [7, 11) is -7.13. The van der Waals surface area contributed by atoms with Gasteiger partial charge in [-0.3, -0.25) is 13.6 Å². The van der Waals surface area contributed by atoms with Gasteiger partial charge in [0.05, 0.1) is 36.8 Å². The fraction of sp³-hybridized carbons (Fsp3) is 0.348. The molecule has 4 rings (SSSR count). The van der Waals surface area contributed by atoms with Crippen molar-refractivity contribution < 1.29 is 50.4 Å². The zero-order valence-corrected chi connectivity index (χ0v) is 22.3. The summed E-state index contributed by atoms with van der Waals surface area (Å²) in [5.74, 6) is -0.725. The summed E-state index contributed by atoms with van der Waals surface area (Å²) in [6, 6.07) is 8.54. The number of nitrogens with one attached hydrogen (secondary N) is 1. The minimum Gasteiger partial charge on any atom is -0.455 e. The Morgan fingerprint density at radius 3 is 2.55 bits per heavy atom. The van der Waals surface area contributed by atoms with Crippen LogP contribution < -0.4 is 9.62 Å². The Balaban J connectivity index is 1.79. The number of furan rings is 1. The van der Waals surface area contributed by atoms with E-state index in [4.69, 9.17) is 23.7 Å². The second-order valence-corrected chi connectivity index (χ2v) is 11.7. The van der Waals surface area contributed by atoms with Gasteiger partial charge in [0.1, 0.15) is 23.3 Å². The van der Waals surface area contributed by atoms with Crippen LogP contribution in [-0.4, -0.2) is 63.5 Å². The molecule has 1 aliphatic rings. The van der Waals surface area contributed by atoms with Crippen LogP contribution in [-0.2, 0) is 28.6 Å². The lowest BCUT2D eigenvalue weighted by Gasteiger charge is -2.24. The lowest BCUT2D eigenvalue weighted by molar-refractivity contribution is -0.0771. The maximum Gasteiger partial charge on any atom is 0.471 e. The fourth-order valence-electron chi connectivity index (χ4n) is 4.23. The van der Waals surface area contributed by atoms with E-state index in [2.05, 4.69) is 9.84 Å². The van der Waals surface area contributed by atoms with Gasteiger partial charge in [-0.25, -0.2) is 17.4 Å². The predicted molar refractivity (Wildman–Crippen MR) is 134 cm³/mol. The molecule has 2 aromatic carbocycles. The van der Waals surface area contributed by atoms with E-state index >= 15 is 0 Å². The van der Waals surface area contributed by atoms with Crippen molar-refractivity contribution in [2.24, 2.45) is 0 Å². The van der Waals surface area contributed by atoms with Crippen LogP contribution in [0, 0.1) is 5.82 Å². The van der Waals surface area contributed by atoms with Gasteiger partial charge in [0.25, 0.3) is 5.91 Å². The van der Waals surface area contributed by atoms with Crippen LogP contribution in [0.5, 0.6) is 0 Å². The highest BCUT2D eigenvalue weighted by Gasteiger charge is 2.34. The fourth-order valence-corrected chi connectivity index (χ4v) is 5.39. The molecule has 0 saturated heterocycles. The summed E-state index contributed by atoms with van der Waals surface area (Å²) < 4.78 is 72.6. The van der Waals surface area contributed by atoms with E-state index in [-0.39, 0.29) is 35.7 Å². The second kappa shape index (κ2) is 10.7. The first-order valence-corrected chi connectivity index (χ1v) is 14.7. The molecule has 206 valence electrons. The zero-order chi connectivity index (χ0) is 27.8. The van der Waals surface area contributed by atoms with Crippen LogP contribution in [0.2, 0.25) is 0 Å². The third-order valence-corrected chi connectivity index (χ3v) is 7.47. The molecule has 38 heavy (non-hydrogen) atoms. The van der Waals surface area contributed by atoms with Crippen LogP contribution in [0.1, 0.15) is 28.9 Å². The van der Waals surface area contributed by atoms with Gasteiger partial charge in [0.2, 0.25) is 10.0 Å². The standard InChI is InChI=1S/C23H26FN2O10PS/c1-13-17-8-18-20(36-22(21(18)23(27)25-2)14-4-6-15(24)7-5-14)9-19(17)26(38(3,31)32)10-16(35-13)11-33-12-34-37(28,29)30/h4-9,13,16H,10-12H2,1-3H3,(H,25,27)(H2,28,29,30)/t13-,16-/m0/s1. The molecule has 0 aliphatic carbocycles. The summed E-state index contributed by atoms with van der Waals surface area (Å²) in [4.78, 5) is 30.5. The molecule has 3 aromatic rings. The number of nitrogens with zero attached hydrogens (tertiary/aromatic N) is 1. The molecule has 0 unspecified atom stereocenters. The van der Waals surface area contributed by atoms with E-state index in [1.165, 1.54) is 37.4 Å². The van der Waals surface area contributed by atoms with Gasteiger partial charge in [-0.2, -0.15) is 0 Å². The molecule has 0 bridgehead atoms. The van der Waals surface area contributed by atoms with Crippen molar-refractivity contribution in [2.45, 2.75) is 19.1 Å². The molecule has 0 saturated carbocycles. The van der Waals surface area contributed by atoms with E-state index in [0.29, 0.717) is 16.5 Å². The van der Waals surface area contributed by atoms with E-state index in [9.17, 15) is 22.2 Å². The lowest BCUT2D eigenvalue weighted by atomic mass is 10.0. The minimum atomic E-state index is -4.74. The summed E-state index contributed by atoms with van der Waals surface area (Å²) >= 11 is 0. The zero-order valence-electron chi connectivity index (χ0n) is 20.6. The Hall–Kier alpha value is -2.84. The number of sulfonamides is 1. The Kier molecular flexibility index (Phi) is 7.96. The lowest BCUT2D eigenvalue weighted by Crippen LogP contribution is -2.38. The third-order valence-electron chi connectivity index (χ3n) is 5.88. The van der Waals surface area contributed by atoms with Gasteiger partial charge in [0, 0.05) is 29.6 Å². The first-order valence-electron chi connectivity index (χ1n) is 11.3. The van der Waals surface area contributed by atoms with Gasteiger partial charge < -0.3 is 29.0 Å². The highest BCUT2D eigenvalue weighted by Crippen LogP contribution is 2.42. The molecule has 2 heterocycles. The van der Waals surface area contributed by atoms with Crippen molar-refractivity contribution >= 4 is 40.4 Å². The highest BCUT2D eigenvalue weighted by atomic mass is 32.2. The number of anilines is 1. The van der Waals surface area contributed by atoms with Crippen LogP contribution in [0.3, 0.4) is 0 Å². The largest absolute Gasteiger partial charge is 0.471 e. The summed E-state index contributed by atoms with van der Waals surface area (Å²) in [6.07, 6.45) is -0.487. The van der Waals surface area contributed by atoms with E-state index in [1.54, 1.807) is 13.0 Å². The average Bonchev–Trinajstić information content (AvgIpc) is 3.14. The number of halogens is 1. The molecule has 3 N–H and O–H groups in total. The topological polar surface area (TPSA) is 165 Å². The van der Waals surface area contributed by atoms with Crippen LogP contribution in [0.4, 0.5) is 10.1 Å². The molecule has 0 radical (unpaired) electrons. The van der Waals surface area contributed by atoms with Crippen molar-refractivity contribution in [1.82, 2.24) is 5.32 Å².